The first kappa shape index (κ1) is 14.6. The maximum Gasteiger partial charge on any atom is 0.251 e. The second-order valence-electron chi connectivity index (χ2n) is 3.98. The van der Waals surface area contributed by atoms with Gasteiger partial charge in [-0.2, -0.15) is 0 Å². The maximum absolute atomic E-state index is 12.0. The number of rotatable bonds is 5. The van der Waals surface area contributed by atoms with Crippen molar-refractivity contribution in [2.75, 3.05) is 14.2 Å². The van der Waals surface area contributed by atoms with Crippen LogP contribution in [0.15, 0.2) is 12.1 Å². The van der Waals surface area contributed by atoms with Crippen LogP contribution >= 0.6 is 11.6 Å². The summed E-state index contributed by atoms with van der Waals surface area (Å²) < 4.78 is 10.3. The summed E-state index contributed by atoms with van der Waals surface area (Å²) >= 11 is 6.04. The van der Waals surface area contributed by atoms with Gasteiger partial charge in [-0.1, -0.05) is 18.5 Å². The molecule has 1 aromatic carbocycles. The van der Waals surface area contributed by atoms with E-state index in [0.29, 0.717) is 22.1 Å². The van der Waals surface area contributed by atoms with Crippen LogP contribution in [0, 0.1) is 0 Å². The van der Waals surface area contributed by atoms with Crippen LogP contribution in [0.5, 0.6) is 11.5 Å². The fraction of sp³-hybridized carbons (Fsp3) is 0.462. The molecule has 1 atom stereocenters. The second kappa shape index (κ2) is 6.50. The first-order valence-corrected chi connectivity index (χ1v) is 6.13. The summed E-state index contributed by atoms with van der Waals surface area (Å²) in [4.78, 5) is 12.0. The highest BCUT2D eigenvalue weighted by Crippen LogP contribution is 2.35. The Balaban J connectivity index is 3.04. The molecule has 5 heteroatoms. The lowest BCUT2D eigenvalue weighted by molar-refractivity contribution is 0.0939. The van der Waals surface area contributed by atoms with Crippen LogP contribution in [0.2, 0.25) is 5.02 Å². The van der Waals surface area contributed by atoms with E-state index in [0.717, 1.165) is 6.42 Å². The van der Waals surface area contributed by atoms with Crippen LogP contribution in [0.25, 0.3) is 0 Å². The molecule has 100 valence electrons. The van der Waals surface area contributed by atoms with Gasteiger partial charge in [0, 0.05) is 11.6 Å². The summed E-state index contributed by atoms with van der Waals surface area (Å²) in [5.41, 5.74) is 0.456. The summed E-state index contributed by atoms with van der Waals surface area (Å²) in [6.45, 7) is 3.95. The van der Waals surface area contributed by atoms with E-state index in [2.05, 4.69) is 5.32 Å². The maximum atomic E-state index is 12.0. The number of ether oxygens (including phenoxy) is 2. The van der Waals surface area contributed by atoms with Crippen molar-refractivity contribution in [3.05, 3.63) is 22.7 Å². The van der Waals surface area contributed by atoms with E-state index in [1.165, 1.54) is 14.2 Å². The average molecular weight is 272 g/mol. The third kappa shape index (κ3) is 3.29. The predicted octanol–water partition coefficient (Wildman–Crippen LogP) is 2.89. The molecule has 1 amide bonds. The number of hydrogen-bond donors (Lipinski definition) is 1. The van der Waals surface area contributed by atoms with Crippen LogP contribution in [0.3, 0.4) is 0 Å². The molecule has 0 aliphatic heterocycles. The van der Waals surface area contributed by atoms with Crippen molar-refractivity contribution in [3.8, 4) is 11.5 Å². The third-order valence-corrected chi connectivity index (χ3v) is 2.97. The van der Waals surface area contributed by atoms with E-state index in [4.69, 9.17) is 21.1 Å². The van der Waals surface area contributed by atoms with Crippen molar-refractivity contribution in [3.63, 3.8) is 0 Å². The lowest BCUT2D eigenvalue weighted by atomic mass is 10.1. The Morgan fingerprint density at radius 2 is 2.06 bits per heavy atom. The summed E-state index contributed by atoms with van der Waals surface area (Å²) in [5, 5.41) is 3.22. The minimum atomic E-state index is -0.174. The summed E-state index contributed by atoms with van der Waals surface area (Å²) in [5.74, 6) is 0.700. The van der Waals surface area contributed by atoms with Crippen molar-refractivity contribution < 1.29 is 14.3 Å². The molecule has 0 aliphatic rings. The van der Waals surface area contributed by atoms with Crippen LogP contribution in [-0.2, 0) is 0 Å². The van der Waals surface area contributed by atoms with Crippen LogP contribution in [-0.4, -0.2) is 26.2 Å². The quantitative estimate of drug-likeness (QED) is 0.896. The van der Waals surface area contributed by atoms with Crippen molar-refractivity contribution in [1.82, 2.24) is 5.32 Å². The fourth-order valence-electron chi connectivity index (χ4n) is 1.46. The first-order chi connectivity index (χ1) is 8.53. The number of methoxy groups -OCH3 is 2. The van der Waals surface area contributed by atoms with Crippen LogP contribution in [0.1, 0.15) is 30.6 Å². The highest BCUT2D eigenvalue weighted by atomic mass is 35.5. The van der Waals surface area contributed by atoms with Gasteiger partial charge in [0.2, 0.25) is 0 Å². The number of benzene rings is 1. The van der Waals surface area contributed by atoms with E-state index in [1.54, 1.807) is 12.1 Å². The standard InChI is InChI=1S/C13H18ClNO3/c1-5-8(2)15-13(16)9-6-10(14)12(18-4)11(7-9)17-3/h6-8H,5H2,1-4H3,(H,15,16)/t8-/m0/s1. The van der Waals surface area contributed by atoms with Crippen molar-refractivity contribution in [2.24, 2.45) is 0 Å². The molecule has 0 saturated carbocycles. The Morgan fingerprint density at radius 1 is 1.39 bits per heavy atom. The number of hydrogen-bond acceptors (Lipinski definition) is 3. The Kier molecular flexibility index (Phi) is 5.28. The molecule has 0 spiro atoms. The van der Waals surface area contributed by atoms with E-state index in [1.807, 2.05) is 13.8 Å². The highest BCUT2D eigenvalue weighted by molar-refractivity contribution is 6.32. The van der Waals surface area contributed by atoms with Gasteiger partial charge in [-0.25, -0.2) is 0 Å². The molecular weight excluding hydrogens is 254 g/mol. The zero-order chi connectivity index (χ0) is 13.7. The van der Waals surface area contributed by atoms with E-state index < -0.39 is 0 Å². The number of halogens is 1. The van der Waals surface area contributed by atoms with Gasteiger partial charge >= 0.3 is 0 Å². The molecule has 0 aliphatic carbocycles. The number of amides is 1. The molecule has 0 fully saturated rings. The molecule has 0 saturated heterocycles. The van der Waals surface area contributed by atoms with Crippen LogP contribution in [0.4, 0.5) is 0 Å². The molecule has 0 bridgehead atoms. The second-order valence-corrected chi connectivity index (χ2v) is 4.38. The zero-order valence-electron chi connectivity index (χ0n) is 11.0. The normalized spacial score (nSPS) is 11.8. The first-order valence-electron chi connectivity index (χ1n) is 5.75. The van der Waals surface area contributed by atoms with E-state index >= 15 is 0 Å². The molecular formula is C13H18ClNO3. The molecule has 1 N–H and O–H groups in total. The summed E-state index contributed by atoms with van der Waals surface area (Å²) in [6.07, 6.45) is 0.868. The van der Waals surface area contributed by atoms with E-state index in [9.17, 15) is 4.79 Å². The highest BCUT2D eigenvalue weighted by Gasteiger charge is 2.15. The zero-order valence-corrected chi connectivity index (χ0v) is 11.8. The molecule has 18 heavy (non-hydrogen) atoms. The smallest absolute Gasteiger partial charge is 0.251 e. The molecule has 0 heterocycles. The van der Waals surface area contributed by atoms with Gasteiger partial charge in [0.15, 0.2) is 11.5 Å². The van der Waals surface area contributed by atoms with Crippen molar-refractivity contribution in [1.29, 1.82) is 0 Å². The molecule has 0 unspecified atom stereocenters. The minimum absolute atomic E-state index is 0.115. The van der Waals surface area contributed by atoms with Gasteiger partial charge in [-0.15, -0.1) is 0 Å². The number of carbonyl (C=O) groups excluding carboxylic acids is 1. The van der Waals surface area contributed by atoms with Crippen molar-refractivity contribution >= 4 is 17.5 Å². The van der Waals surface area contributed by atoms with Gasteiger partial charge < -0.3 is 14.8 Å². The monoisotopic (exact) mass is 271 g/mol. The van der Waals surface area contributed by atoms with Gasteiger partial charge in [0.25, 0.3) is 5.91 Å². The average Bonchev–Trinajstić information content (AvgIpc) is 2.37. The largest absolute Gasteiger partial charge is 0.493 e. The predicted molar refractivity (Wildman–Crippen MR) is 71.8 cm³/mol. The van der Waals surface area contributed by atoms with Gasteiger partial charge in [0.05, 0.1) is 19.2 Å². The molecule has 4 nitrogen and oxygen atoms in total. The molecule has 1 aromatic rings. The molecule has 1 rings (SSSR count). The number of carbonyl (C=O) groups is 1. The van der Waals surface area contributed by atoms with Crippen molar-refractivity contribution in [2.45, 2.75) is 26.3 Å². The number of nitrogens with one attached hydrogen (secondary N) is 1. The Morgan fingerprint density at radius 3 is 2.56 bits per heavy atom. The lowest BCUT2D eigenvalue weighted by Crippen LogP contribution is -2.31. The Bertz CT molecular complexity index is 434. The van der Waals surface area contributed by atoms with Gasteiger partial charge in [-0.05, 0) is 25.5 Å². The summed E-state index contributed by atoms with van der Waals surface area (Å²) in [7, 11) is 3.01. The van der Waals surface area contributed by atoms with Crippen LogP contribution < -0.4 is 14.8 Å². The Hall–Kier alpha value is -1.42. The third-order valence-electron chi connectivity index (χ3n) is 2.69. The molecule has 0 radical (unpaired) electrons. The van der Waals surface area contributed by atoms with Gasteiger partial charge in [0.1, 0.15) is 0 Å². The summed E-state index contributed by atoms with van der Waals surface area (Å²) in [6, 6.07) is 3.30. The van der Waals surface area contributed by atoms with Gasteiger partial charge in [-0.3, -0.25) is 4.79 Å². The fourth-order valence-corrected chi connectivity index (χ4v) is 1.75. The van der Waals surface area contributed by atoms with E-state index in [-0.39, 0.29) is 11.9 Å². The minimum Gasteiger partial charge on any atom is -0.493 e. The lowest BCUT2D eigenvalue weighted by Gasteiger charge is -2.14. The topological polar surface area (TPSA) is 47.6 Å². The SMILES string of the molecule is CC[C@H](C)NC(=O)c1cc(Cl)c(OC)c(OC)c1. The Labute approximate surface area is 112 Å². The molecule has 0 aromatic heterocycles.